The minimum atomic E-state index is -0.252. The van der Waals surface area contributed by atoms with E-state index in [1.54, 1.807) is 12.1 Å². The van der Waals surface area contributed by atoms with E-state index in [0.29, 0.717) is 12.1 Å². The molecule has 2 aromatic carbocycles. The van der Waals surface area contributed by atoms with Crippen LogP contribution in [0.5, 0.6) is 0 Å². The van der Waals surface area contributed by atoms with Gasteiger partial charge in [0.25, 0.3) is 0 Å². The van der Waals surface area contributed by atoms with E-state index in [-0.39, 0.29) is 11.9 Å². The highest BCUT2D eigenvalue weighted by Gasteiger charge is 2.14. The molecule has 0 spiro atoms. The van der Waals surface area contributed by atoms with Gasteiger partial charge in [-0.25, -0.2) is 4.39 Å². The lowest BCUT2D eigenvalue weighted by Gasteiger charge is -2.19. The summed E-state index contributed by atoms with van der Waals surface area (Å²) in [7, 11) is 0. The van der Waals surface area contributed by atoms with E-state index >= 15 is 0 Å². The zero-order chi connectivity index (χ0) is 13.8. The predicted molar refractivity (Wildman–Crippen MR) is 80.7 cm³/mol. The fraction of sp³-hybridized carbons (Fsp3) is 0.200. The Morgan fingerprint density at radius 2 is 1.89 bits per heavy atom. The van der Waals surface area contributed by atoms with Crippen LogP contribution in [0.1, 0.15) is 17.2 Å². The number of nitrogens with two attached hydrogens (primary N) is 1. The van der Waals surface area contributed by atoms with Crippen molar-refractivity contribution in [1.29, 1.82) is 0 Å². The van der Waals surface area contributed by atoms with Crippen LogP contribution in [0.15, 0.2) is 46.9 Å². The van der Waals surface area contributed by atoms with Crippen LogP contribution in [0.25, 0.3) is 0 Å². The molecule has 0 aromatic heterocycles. The summed E-state index contributed by atoms with van der Waals surface area (Å²) in [6.45, 7) is 2.35. The SMILES string of the molecule is Cc1ccc(NC(CN)c2cc(Br)ccc2F)cc1. The van der Waals surface area contributed by atoms with Gasteiger partial charge >= 0.3 is 0 Å². The molecule has 2 aromatic rings. The number of rotatable bonds is 4. The van der Waals surface area contributed by atoms with Crippen LogP contribution in [-0.4, -0.2) is 6.54 Å². The molecular weight excluding hydrogens is 307 g/mol. The zero-order valence-corrected chi connectivity index (χ0v) is 12.2. The van der Waals surface area contributed by atoms with E-state index in [1.807, 2.05) is 31.2 Å². The molecule has 19 heavy (non-hydrogen) atoms. The molecule has 0 aliphatic rings. The third kappa shape index (κ3) is 3.55. The van der Waals surface area contributed by atoms with Crippen molar-refractivity contribution in [3.63, 3.8) is 0 Å². The minimum absolute atomic E-state index is 0.250. The van der Waals surface area contributed by atoms with E-state index in [0.717, 1.165) is 10.2 Å². The van der Waals surface area contributed by atoms with Crippen LogP contribution in [-0.2, 0) is 0 Å². The first kappa shape index (κ1) is 14.0. The maximum atomic E-state index is 13.9. The molecule has 100 valence electrons. The molecule has 0 heterocycles. The fourth-order valence-corrected chi connectivity index (χ4v) is 2.28. The number of nitrogens with one attached hydrogen (secondary N) is 1. The normalized spacial score (nSPS) is 12.2. The summed E-state index contributed by atoms with van der Waals surface area (Å²) in [6.07, 6.45) is 0. The molecule has 0 saturated heterocycles. The van der Waals surface area contributed by atoms with Crippen molar-refractivity contribution in [3.05, 3.63) is 63.9 Å². The Morgan fingerprint density at radius 3 is 2.53 bits per heavy atom. The molecule has 0 fully saturated rings. The van der Waals surface area contributed by atoms with Crippen LogP contribution in [0.4, 0.5) is 10.1 Å². The van der Waals surface area contributed by atoms with Gasteiger partial charge in [-0.05, 0) is 37.3 Å². The summed E-state index contributed by atoms with van der Waals surface area (Å²) in [5, 5.41) is 3.25. The van der Waals surface area contributed by atoms with Gasteiger partial charge in [0.15, 0.2) is 0 Å². The van der Waals surface area contributed by atoms with Gasteiger partial charge in [0, 0.05) is 22.3 Å². The zero-order valence-electron chi connectivity index (χ0n) is 10.7. The van der Waals surface area contributed by atoms with Gasteiger partial charge in [-0.15, -0.1) is 0 Å². The molecule has 1 unspecified atom stereocenters. The Labute approximate surface area is 121 Å². The Kier molecular flexibility index (Phi) is 4.56. The van der Waals surface area contributed by atoms with Crippen molar-refractivity contribution in [1.82, 2.24) is 0 Å². The molecular formula is C15H16BrFN2. The number of hydrogen-bond donors (Lipinski definition) is 2. The highest BCUT2D eigenvalue weighted by molar-refractivity contribution is 9.10. The number of aryl methyl sites for hydroxylation is 1. The van der Waals surface area contributed by atoms with Gasteiger partial charge in [-0.3, -0.25) is 0 Å². The van der Waals surface area contributed by atoms with Crippen molar-refractivity contribution >= 4 is 21.6 Å². The summed E-state index contributed by atoms with van der Waals surface area (Å²) in [4.78, 5) is 0. The van der Waals surface area contributed by atoms with E-state index in [2.05, 4.69) is 21.2 Å². The molecule has 0 radical (unpaired) electrons. The maximum Gasteiger partial charge on any atom is 0.128 e. The monoisotopic (exact) mass is 322 g/mol. The summed E-state index contributed by atoms with van der Waals surface area (Å²) in [6, 6.07) is 12.6. The van der Waals surface area contributed by atoms with Crippen LogP contribution in [0.3, 0.4) is 0 Å². The van der Waals surface area contributed by atoms with Gasteiger partial charge < -0.3 is 11.1 Å². The Balaban J connectivity index is 2.24. The van der Waals surface area contributed by atoms with E-state index < -0.39 is 0 Å². The van der Waals surface area contributed by atoms with Crippen LogP contribution in [0, 0.1) is 12.7 Å². The quantitative estimate of drug-likeness (QED) is 0.892. The Hall–Kier alpha value is -1.39. The molecule has 0 saturated carbocycles. The van der Waals surface area contributed by atoms with Crippen molar-refractivity contribution in [2.24, 2.45) is 5.73 Å². The minimum Gasteiger partial charge on any atom is -0.377 e. The lowest BCUT2D eigenvalue weighted by molar-refractivity contribution is 0.593. The van der Waals surface area contributed by atoms with Crippen molar-refractivity contribution in [2.45, 2.75) is 13.0 Å². The second kappa shape index (κ2) is 6.17. The van der Waals surface area contributed by atoms with Gasteiger partial charge in [0.05, 0.1) is 6.04 Å². The standard InChI is InChI=1S/C15H16BrFN2/c1-10-2-5-12(6-3-10)19-15(9-18)13-8-11(16)4-7-14(13)17/h2-8,15,19H,9,18H2,1H3. The summed E-state index contributed by atoms with van der Waals surface area (Å²) < 4.78 is 14.7. The molecule has 0 aliphatic heterocycles. The van der Waals surface area contributed by atoms with Gasteiger partial charge in [0.2, 0.25) is 0 Å². The maximum absolute atomic E-state index is 13.9. The molecule has 0 bridgehead atoms. The molecule has 0 aliphatic carbocycles. The molecule has 3 N–H and O–H groups in total. The number of halogens is 2. The van der Waals surface area contributed by atoms with Gasteiger partial charge in [-0.2, -0.15) is 0 Å². The van der Waals surface area contributed by atoms with Crippen LogP contribution >= 0.6 is 15.9 Å². The molecule has 2 nitrogen and oxygen atoms in total. The summed E-state index contributed by atoms with van der Waals surface area (Å²) in [5.41, 5.74) is 8.44. The van der Waals surface area contributed by atoms with Crippen molar-refractivity contribution in [2.75, 3.05) is 11.9 Å². The molecule has 0 amide bonds. The fourth-order valence-electron chi connectivity index (χ4n) is 1.90. The first-order chi connectivity index (χ1) is 9.10. The third-order valence-electron chi connectivity index (χ3n) is 2.96. The summed E-state index contributed by atoms with van der Waals surface area (Å²) >= 11 is 3.35. The largest absolute Gasteiger partial charge is 0.377 e. The van der Waals surface area contributed by atoms with E-state index in [1.165, 1.54) is 11.6 Å². The first-order valence-corrected chi connectivity index (χ1v) is 6.87. The highest BCUT2D eigenvalue weighted by atomic mass is 79.9. The number of benzene rings is 2. The first-order valence-electron chi connectivity index (χ1n) is 6.08. The Morgan fingerprint density at radius 1 is 1.21 bits per heavy atom. The van der Waals surface area contributed by atoms with E-state index in [9.17, 15) is 4.39 Å². The van der Waals surface area contributed by atoms with Crippen LogP contribution in [0.2, 0.25) is 0 Å². The molecule has 2 rings (SSSR count). The lowest BCUT2D eigenvalue weighted by atomic mass is 10.1. The molecule has 1 atom stereocenters. The average Bonchev–Trinajstić information content (AvgIpc) is 2.41. The van der Waals surface area contributed by atoms with Gasteiger partial charge in [-0.1, -0.05) is 33.6 Å². The topological polar surface area (TPSA) is 38.0 Å². The van der Waals surface area contributed by atoms with E-state index in [4.69, 9.17) is 5.73 Å². The number of anilines is 1. The average molecular weight is 323 g/mol. The van der Waals surface area contributed by atoms with Crippen molar-refractivity contribution < 1.29 is 4.39 Å². The highest BCUT2D eigenvalue weighted by Crippen LogP contribution is 2.24. The second-order valence-electron chi connectivity index (χ2n) is 4.46. The van der Waals surface area contributed by atoms with Crippen molar-refractivity contribution in [3.8, 4) is 0 Å². The smallest absolute Gasteiger partial charge is 0.128 e. The number of hydrogen-bond acceptors (Lipinski definition) is 2. The van der Waals surface area contributed by atoms with Gasteiger partial charge in [0.1, 0.15) is 5.82 Å². The molecule has 4 heteroatoms. The third-order valence-corrected chi connectivity index (χ3v) is 3.45. The predicted octanol–water partition coefficient (Wildman–Crippen LogP) is 4.01. The van der Waals surface area contributed by atoms with Crippen LogP contribution < -0.4 is 11.1 Å². The Bertz CT molecular complexity index is 555. The second-order valence-corrected chi connectivity index (χ2v) is 5.38. The lowest BCUT2D eigenvalue weighted by Crippen LogP contribution is -2.21. The summed E-state index contributed by atoms with van der Waals surface area (Å²) in [5.74, 6) is -0.252.